The minimum Gasteiger partial charge on any atom is -0.472 e. The van der Waals surface area contributed by atoms with E-state index in [-0.39, 0.29) is 0 Å². The van der Waals surface area contributed by atoms with Crippen molar-refractivity contribution in [3.8, 4) is 0 Å². The van der Waals surface area contributed by atoms with Crippen molar-refractivity contribution in [2.45, 2.75) is 58.5 Å². The number of furan rings is 1. The standard InChI is InChI=1S/C15H25NO/c1-12(2)14-4-3-5-15(7-6-14)16-10-13-8-9-17-11-13/h8-9,11-12,14-16H,3-7,10H2,1-2H3. The molecule has 0 saturated heterocycles. The fraction of sp³-hybridized carbons (Fsp3) is 0.733. The topological polar surface area (TPSA) is 25.2 Å². The van der Waals surface area contributed by atoms with Crippen molar-refractivity contribution >= 4 is 0 Å². The Hall–Kier alpha value is -0.760. The lowest BCUT2D eigenvalue weighted by atomic mass is 9.89. The molecule has 1 saturated carbocycles. The van der Waals surface area contributed by atoms with Crippen molar-refractivity contribution in [1.82, 2.24) is 5.32 Å². The number of nitrogens with one attached hydrogen (secondary N) is 1. The molecule has 0 spiro atoms. The molecule has 1 aliphatic rings. The predicted octanol–water partition coefficient (Wildman–Crippen LogP) is 3.97. The van der Waals surface area contributed by atoms with Gasteiger partial charge >= 0.3 is 0 Å². The summed E-state index contributed by atoms with van der Waals surface area (Å²) in [4.78, 5) is 0. The summed E-state index contributed by atoms with van der Waals surface area (Å²) in [5.41, 5.74) is 1.26. The molecule has 17 heavy (non-hydrogen) atoms. The summed E-state index contributed by atoms with van der Waals surface area (Å²) in [7, 11) is 0. The molecule has 1 fully saturated rings. The number of hydrogen-bond acceptors (Lipinski definition) is 2. The third-order valence-corrected chi connectivity index (χ3v) is 4.13. The van der Waals surface area contributed by atoms with E-state index in [9.17, 15) is 0 Å². The Balaban J connectivity index is 1.75. The molecule has 1 N–H and O–H groups in total. The van der Waals surface area contributed by atoms with E-state index < -0.39 is 0 Å². The highest BCUT2D eigenvalue weighted by atomic mass is 16.3. The second-order valence-corrected chi connectivity index (χ2v) is 5.72. The van der Waals surface area contributed by atoms with Crippen molar-refractivity contribution < 1.29 is 4.42 Å². The second kappa shape index (κ2) is 6.25. The Morgan fingerprint density at radius 2 is 2.18 bits per heavy atom. The first-order valence-corrected chi connectivity index (χ1v) is 7.00. The maximum Gasteiger partial charge on any atom is 0.0947 e. The van der Waals surface area contributed by atoms with Crippen molar-refractivity contribution in [2.24, 2.45) is 11.8 Å². The van der Waals surface area contributed by atoms with E-state index in [2.05, 4.69) is 19.2 Å². The SMILES string of the molecule is CC(C)C1CCCC(NCc2ccoc2)CC1. The highest BCUT2D eigenvalue weighted by Crippen LogP contribution is 2.28. The van der Waals surface area contributed by atoms with Gasteiger partial charge in [-0.05, 0) is 37.2 Å². The molecule has 2 rings (SSSR count). The van der Waals surface area contributed by atoms with E-state index >= 15 is 0 Å². The van der Waals surface area contributed by atoms with Gasteiger partial charge < -0.3 is 9.73 Å². The van der Waals surface area contributed by atoms with Crippen LogP contribution in [0.4, 0.5) is 0 Å². The summed E-state index contributed by atoms with van der Waals surface area (Å²) in [6.07, 6.45) is 10.4. The molecule has 0 aromatic carbocycles. The van der Waals surface area contributed by atoms with Crippen molar-refractivity contribution in [1.29, 1.82) is 0 Å². The van der Waals surface area contributed by atoms with Gasteiger partial charge in [-0.15, -0.1) is 0 Å². The monoisotopic (exact) mass is 235 g/mol. The molecular formula is C15H25NO. The van der Waals surface area contributed by atoms with Crippen LogP contribution in [0.15, 0.2) is 23.0 Å². The third kappa shape index (κ3) is 3.88. The van der Waals surface area contributed by atoms with E-state index in [1.807, 2.05) is 12.3 Å². The van der Waals surface area contributed by atoms with Gasteiger partial charge in [0.15, 0.2) is 0 Å². The van der Waals surface area contributed by atoms with Crippen LogP contribution in [0.5, 0.6) is 0 Å². The molecule has 2 atom stereocenters. The average Bonchev–Trinajstić information content (AvgIpc) is 2.70. The number of rotatable bonds is 4. The van der Waals surface area contributed by atoms with Crippen molar-refractivity contribution in [3.05, 3.63) is 24.2 Å². The summed E-state index contributed by atoms with van der Waals surface area (Å²) in [5, 5.41) is 3.66. The summed E-state index contributed by atoms with van der Waals surface area (Å²) in [5.74, 6) is 1.79. The molecule has 1 heterocycles. The van der Waals surface area contributed by atoms with Crippen molar-refractivity contribution in [2.75, 3.05) is 0 Å². The first-order valence-electron chi connectivity index (χ1n) is 7.00. The quantitative estimate of drug-likeness (QED) is 0.799. The van der Waals surface area contributed by atoms with Gasteiger partial charge in [-0.25, -0.2) is 0 Å². The largest absolute Gasteiger partial charge is 0.472 e. The fourth-order valence-corrected chi connectivity index (χ4v) is 2.86. The predicted molar refractivity (Wildman–Crippen MR) is 70.7 cm³/mol. The molecule has 2 heteroatoms. The zero-order valence-electron chi connectivity index (χ0n) is 11.1. The molecule has 0 radical (unpaired) electrons. The van der Waals surface area contributed by atoms with Crippen LogP contribution in [0, 0.1) is 11.8 Å². The normalized spacial score (nSPS) is 26.1. The van der Waals surface area contributed by atoms with Crippen LogP contribution in [-0.2, 0) is 6.54 Å². The van der Waals surface area contributed by atoms with E-state index in [0.29, 0.717) is 6.04 Å². The molecule has 1 aromatic heterocycles. The van der Waals surface area contributed by atoms with Crippen LogP contribution in [0.25, 0.3) is 0 Å². The lowest BCUT2D eigenvalue weighted by Gasteiger charge is -2.19. The molecule has 1 aromatic rings. The Morgan fingerprint density at radius 3 is 2.88 bits per heavy atom. The lowest BCUT2D eigenvalue weighted by Crippen LogP contribution is -2.27. The van der Waals surface area contributed by atoms with Gasteiger partial charge in [-0.1, -0.05) is 26.7 Å². The smallest absolute Gasteiger partial charge is 0.0947 e. The average molecular weight is 235 g/mol. The van der Waals surface area contributed by atoms with Crippen LogP contribution in [0.1, 0.15) is 51.5 Å². The summed E-state index contributed by atoms with van der Waals surface area (Å²) >= 11 is 0. The van der Waals surface area contributed by atoms with Gasteiger partial charge in [0, 0.05) is 18.2 Å². The van der Waals surface area contributed by atoms with Gasteiger partial charge in [0.25, 0.3) is 0 Å². The van der Waals surface area contributed by atoms with E-state index in [1.165, 1.54) is 37.7 Å². The first kappa shape index (κ1) is 12.7. The zero-order valence-corrected chi connectivity index (χ0v) is 11.1. The van der Waals surface area contributed by atoms with Crippen LogP contribution in [0.3, 0.4) is 0 Å². The third-order valence-electron chi connectivity index (χ3n) is 4.13. The van der Waals surface area contributed by atoms with Gasteiger partial charge in [-0.3, -0.25) is 0 Å². The molecular weight excluding hydrogens is 210 g/mol. The Morgan fingerprint density at radius 1 is 1.29 bits per heavy atom. The summed E-state index contributed by atoms with van der Waals surface area (Å²) < 4.78 is 5.09. The molecule has 0 aliphatic heterocycles. The van der Waals surface area contributed by atoms with E-state index in [1.54, 1.807) is 6.26 Å². The van der Waals surface area contributed by atoms with Crippen molar-refractivity contribution in [3.63, 3.8) is 0 Å². The Kier molecular flexibility index (Phi) is 4.66. The molecule has 1 aliphatic carbocycles. The first-order chi connectivity index (χ1) is 8.25. The van der Waals surface area contributed by atoms with Gasteiger partial charge in [0.2, 0.25) is 0 Å². The van der Waals surface area contributed by atoms with Gasteiger partial charge in [0.1, 0.15) is 0 Å². The molecule has 0 bridgehead atoms. The Labute approximate surface area is 105 Å². The summed E-state index contributed by atoms with van der Waals surface area (Å²) in [6, 6.07) is 2.74. The molecule has 2 unspecified atom stereocenters. The minimum atomic E-state index is 0.702. The van der Waals surface area contributed by atoms with Gasteiger partial charge in [-0.2, -0.15) is 0 Å². The van der Waals surface area contributed by atoms with Crippen LogP contribution >= 0.6 is 0 Å². The molecule has 0 amide bonds. The zero-order chi connectivity index (χ0) is 12.1. The van der Waals surface area contributed by atoms with E-state index in [0.717, 1.165) is 18.4 Å². The van der Waals surface area contributed by atoms with Crippen LogP contribution in [-0.4, -0.2) is 6.04 Å². The van der Waals surface area contributed by atoms with Crippen LogP contribution in [0.2, 0.25) is 0 Å². The minimum absolute atomic E-state index is 0.702. The highest BCUT2D eigenvalue weighted by Gasteiger charge is 2.20. The maximum absolute atomic E-state index is 5.09. The van der Waals surface area contributed by atoms with E-state index in [4.69, 9.17) is 4.42 Å². The molecule has 2 nitrogen and oxygen atoms in total. The number of hydrogen-bond donors (Lipinski definition) is 1. The Bertz CT molecular complexity index is 305. The summed E-state index contributed by atoms with van der Waals surface area (Å²) in [6.45, 7) is 5.68. The fourth-order valence-electron chi connectivity index (χ4n) is 2.86. The molecule has 96 valence electrons. The van der Waals surface area contributed by atoms with Crippen LogP contribution < -0.4 is 5.32 Å². The second-order valence-electron chi connectivity index (χ2n) is 5.72. The lowest BCUT2D eigenvalue weighted by molar-refractivity contribution is 0.337. The maximum atomic E-state index is 5.09. The highest BCUT2D eigenvalue weighted by molar-refractivity contribution is 5.04. The van der Waals surface area contributed by atoms with Gasteiger partial charge in [0.05, 0.1) is 12.5 Å².